The minimum absolute atomic E-state index is 0.0546. The van der Waals surface area contributed by atoms with E-state index in [1.54, 1.807) is 13.0 Å². The van der Waals surface area contributed by atoms with E-state index in [9.17, 15) is 14.7 Å². The SMILES string of the molecule is CC(=O)OC(C)/C=C/C(=O)N[C@@H]1C[C@H](C)[C@H](C/C=C(C)/C=C/[C@H]2O[C@@H](C)C[C@]3(CO3)[C@@H]2O)O[C@@H]1C. The number of hydrogen-bond acceptors (Lipinski definition) is 7. The molecule has 9 atom stereocenters. The lowest BCUT2D eigenvalue weighted by Crippen LogP contribution is -2.50. The van der Waals surface area contributed by atoms with Crippen molar-refractivity contribution in [3.8, 4) is 0 Å². The number of epoxide rings is 1. The predicted octanol–water partition coefficient (Wildman–Crippen LogP) is 2.99. The summed E-state index contributed by atoms with van der Waals surface area (Å²) in [7, 11) is 0. The van der Waals surface area contributed by atoms with Gasteiger partial charge >= 0.3 is 5.97 Å². The van der Waals surface area contributed by atoms with E-state index in [1.165, 1.54) is 13.0 Å². The van der Waals surface area contributed by atoms with Crippen molar-refractivity contribution in [1.29, 1.82) is 0 Å². The van der Waals surface area contributed by atoms with Gasteiger partial charge in [-0.2, -0.15) is 0 Å². The minimum Gasteiger partial charge on any atom is -0.459 e. The van der Waals surface area contributed by atoms with Crippen LogP contribution in [0, 0.1) is 5.92 Å². The molecule has 3 aliphatic heterocycles. The first-order chi connectivity index (χ1) is 16.5. The molecular weight excluding hydrogens is 450 g/mol. The van der Waals surface area contributed by atoms with Crippen LogP contribution in [0.5, 0.6) is 0 Å². The number of ether oxygens (including phenoxy) is 4. The van der Waals surface area contributed by atoms with Gasteiger partial charge < -0.3 is 29.4 Å². The van der Waals surface area contributed by atoms with Crippen LogP contribution in [0.25, 0.3) is 0 Å². The maximum atomic E-state index is 12.3. The van der Waals surface area contributed by atoms with E-state index >= 15 is 0 Å². The molecule has 3 saturated heterocycles. The summed E-state index contributed by atoms with van der Waals surface area (Å²) in [6.45, 7) is 11.8. The molecule has 0 aromatic rings. The molecule has 1 unspecified atom stereocenters. The molecule has 3 rings (SSSR count). The molecule has 0 bridgehead atoms. The fraction of sp³-hybridized carbons (Fsp3) is 0.704. The van der Waals surface area contributed by atoms with Crippen molar-refractivity contribution in [2.75, 3.05) is 6.61 Å². The number of carbonyl (C=O) groups is 2. The van der Waals surface area contributed by atoms with Gasteiger partial charge in [0.15, 0.2) is 0 Å². The second kappa shape index (κ2) is 11.8. The summed E-state index contributed by atoms with van der Waals surface area (Å²) in [6.07, 6.45) is 9.86. The molecule has 0 radical (unpaired) electrons. The number of esters is 1. The fourth-order valence-electron chi connectivity index (χ4n) is 4.91. The van der Waals surface area contributed by atoms with E-state index in [-0.39, 0.29) is 48.3 Å². The predicted molar refractivity (Wildman–Crippen MR) is 132 cm³/mol. The number of aliphatic hydroxyl groups is 1. The van der Waals surface area contributed by atoms with E-state index < -0.39 is 17.8 Å². The molecule has 0 saturated carbocycles. The number of aliphatic hydroxyl groups excluding tert-OH is 1. The normalized spacial score (nSPS) is 38.6. The Kier molecular flexibility index (Phi) is 9.32. The van der Waals surface area contributed by atoms with Crippen LogP contribution in [-0.4, -0.2) is 71.9 Å². The van der Waals surface area contributed by atoms with Crippen molar-refractivity contribution in [3.05, 3.63) is 36.0 Å². The van der Waals surface area contributed by atoms with Crippen LogP contribution in [0.3, 0.4) is 0 Å². The lowest BCUT2D eigenvalue weighted by Gasteiger charge is -2.39. The zero-order valence-corrected chi connectivity index (χ0v) is 21.7. The number of carbonyl (C=O) groups excluding carboxylic acids is 2. The molecule has 196 valence electrons. The first-order valence-corrected chi connectivity index (χ1v) is 12.6. The largest absolute Gasteiger partial charge is 0.459 e. The van der Waals surface area contributed by atoms with Crippen molar-refractivity contribution < 1.29 is 33.6 Å². The van der Waals surface area contributed by atoms with E-state index in [2.05, 4.69) is 18.3 Å². The van der Waals surface area contributed by atoms with Crippen molar-refractivity contribution in [3.63, 3.8) is 0 Å². The third-order valence-corrected chi connectivity index (χ3v) is 7.02. The van der Waals surface area contributed by atoms with Gasteiger partial charge in [0.2, 0.25) is 5.91 Å². The summed E-state index contributed by atoms with van der Waals surface area (Å²) in [5.74, 6) is -0.340. The van der Waals surface area contributed by atoms with Gasteiger partial charge in [0.05, 0.1) is 31.0 Å². The van der Waals surface area contributed by atoms with Gasteiger partial charge in [-0.3, -0.25) is 9.59 Å². The summed E-state index contributed by atoms with van der Waals surface area (Å²) < 4.78 is 22.7. The summed E-state index contributed by atoms with van der Waals surface area (Å²) in [5, 5.41) is 13.6. The summed E-state index contributed by atoms with van der Waals surface area (Å²) in [4.78, 5) is 23.3. The molecule has 35 heavy (non-hydrogen) atoms. The second-order valence-corrected chi connectivity index (χ2v) is 10.3. The molecule has 3 aliphatic rings. The average molecular weight is 492 g/mol. The average Bonchev–Trinajstić information content (AvgIpc) is 3.54. The van der Waals surface area contributed by atoms with E-state index in [0.717, 1.165) is 24.8 Å². The monoisotopic (exact) mass is 491 g/mol. The van der Waals surface area contributed by atoms with Gasteiger partial charge in [0.1, 0.15) is 23.9 Å². The molecule has 0 aromatic carbocycles. The number of nitrogens with one attached hydrogen (secondary N) is 1. The quantitative estimate of drug-likeness (QED) is 0.233. The molecule has 1 spiro atoms. The van der Waals surface area contributed by atoms with Gasteiger partial charge in [-0.15, -0.1) is 0 Å². The van der Waals surface area contributed by atoms with Crippen LogP contribution < -0.4 is 5.32 Å². The molecule has 3 fully saturated rings. The Morgan fingerprint density at radius 2 is 1.91 bits per heavy atom. The van der Waals surface area contributed by atoms with E-state index in [4.69, 9.17) is 18.9 Å². The van der Waals surface area contributed by atoms with E-state index in [1.807, 2.05) is 32.9 Å². The molecular formula is C27H41NO7. The Balaban J connectivity index is 1.47. The maximum absolute atomic E-state index is 12.3. The highest BCUT2D eigenvalue weighted by Crippen LogP contribution is 2.42. The van der Waals surface area contributed by atoms with Crippen LogP contribution in [0.15, 0.2) is 36.0 Å². The highest BCUT2D eigenvalue weighted by atomic mass is 16.6. The van der Waals surface area contributed by atoms with Crippen LogP contribution in [0.4, 0.5) is 0 Å². The maximum Gasteiger partial charge on any atom is 0.303 e. The van der Waals surface area contributed by atoms with Gasteiger partial charge in [0, 0.05) is 19.4 Å². The number of hydrogen-bond donors (Lipinski definition) is 2. The van der Waals surface area contributed by atoms with Crippen molar-refractivity contribution >= 4 is 11.9 Å². The van der Waals surface area contributed by atoms with Gasteiger partial charge in [-0.05, 0) is 52.5 Å². The molecule has 8 heteroatoms. The Bertz CT molecular complexity index is 846. The summed E-state index contributed by atoms with van der Waals surface area (Å²) in [6, 6.07) is -0.0868. The van der Waals surface area contributed by atoms with Crippen molar-refractivity contribution in [2.45, 2.75) is 109 Å². The number of rotatable bonds is 8. The zero-order valence-electron chi connectivity index (χ0n) is 21.7. The standard InChI is InChI=1S/C27H41NO7/c1-16(8-11-24-26(31)27(15-32-27)14-19(4)34-24)7-10-23-17(2)13-22(20(5)35-23)28-25(30)12-9-18(3)33-21(6)29/h7-9,11-12,17-20,22-24,26,31H,10,13-15H2,1-6H3,(H,28,30)/b11-8+,12-9+,16-7+/t17-,18?,19-,20+,22+,23-,24+,26+,27-/m0/s1. The van der Waals surface area contributed by atoms with Crippen molar-refractivity contribution in [2.24, 2.45) is 5.92 Å². The third kappa shape index (κ3) is 7.74. The second-order valence-electron chi connectivity index (χ2n) is 10.3. The zero-order chi connectivity index (χ0) is 25.8. The Hall–Kier alpha value is -2.00. The number of amides is 1. The smallest absolute Gasteiger partial charge is 0.303 e. The first-order valence-electron chi connectivity index (χ1n) is 12.6. The topological polar surface area (TPSA) is 107 Å². The summed E-state index contributed by atoms with van der Waals surface area (Å²) in [5.41, 5.74) is 0.657. The fourth-order valence-corrected chi connectivity index (χ4v) is 4.91. The molecule has 8 nitrogen and oxygen atoms in total. The van der Waals surface area contributed by atoms with Crippen LogP contribution in [0.1, 0.15) is 60.8 Å². The van der Waals surface area contributed by atoms with Crippen LogP contribution in [0.2, 0.25) is 0 Å². The summed E-state index contributed by atoms with van der Waals surface area (Å²) >= 11 is 0. The van der Waals surface area contributed by atoms with Gasteiger partial charge in [-0.25, -0.2) is 0 Å². The minimum atomic E-state index is -0.642. The lowest BCUT2D eigenvalue weighted by molar-refractivity contribution is -0.143. The highest BCUT2D eigenvalue weighted by molar-refractivity contribution is 5.87. The van der Waals surface area contributed by atoms with Gasteiger partial charge in [0.25, 0.3) is 0 Å². The molecule has 0 aliphatic carbocycles. The molecule has 1 amide bonds. The van der Waals surface area contributed by atoms with Crippen LogP contribution in [-0.2, 0) is 28.5 Å². The van der Waals surface area contributed by atoms with E-state index in [0.29, 0.717) is 6.61 Å². The molecule has 2 N–H and O–H groups in total. The van der Waals surface area contributed by atoms with Crippen LogP contribution >= 0.6 is 0 Å². The lowest BCUT2D eigenvalue weighted by atomic mass is 9.87. The molecule has 0 aromatic heterocycles. The van der Waals surface area contributed by atoms with Crippen molar-refractivity contribution in [1.82, 2.24) is 5.32 Å². The number of allylic oxidation sites excluding steroid dienone is 2. The Labute approximate surface area is 208 Å². The third-order valence-electron chi connectivity index (χ3n) is 7.02. The Morgan fingerprint density at radius 1 is 1.20 bits per heavy atom. The highest BCUT2D eigenvalue weighted by Gasteiger charge is 2.57. The first kappa shape index (κ1) is 27.6. The Morgan fingerprint density at radius 3 is 2.57 bits per heavy atom. The molecule has 3 heterocycles. The van der Waals surface area contributed by atoms with Gasteiger partial charge in [-0.1, -0.05) is 30.7 Å².